The molecule has 0 aliphatic rings. The predicted octanol–water partition coefficient (Wildman–Crippen LogP) is 6.42. The third-order valence-electron chi connectivity index (χ3n) is 4.01. The van der Waals surface area contributed by atoms with Crippen molar-refractivity contribution in [3.63, 3.8) is 0 Å². The maximum absolute atomic E-state index is 2.29. The van der Waals surface area contributed by atoms with Crippen molar-refractivity contribution in [1.29, 1.82) is 0 Å². The van der Waals surface area contributed by atoms with Crippen molar-refractivity contribution in [2.45, 2.75) is 44.9 Å². The summed E-state index contributed by atoms with van der Waals surface area (Å²) in [5, 5.41) is 0. The van der Waals surface area contributed by atoms with Crippen molar-refractivity contribution >= 4 is 24.8 Å². The van der Waals surface area contributed by atoms with Gasteiger partial charge in [0, 0.05) is 5.41 Å². The molecule has 0 amide bonds. The van der Waals surface area contributed by atoms with Crippen molar-refractivity contribution in [3.05, 3.63) is 71.8 Å². The van der Waals surface area contributed by atoms with Gasteiger partial charge in [-0.2, -0.15) is 0 Å². The summed E-state index contributed by atoms with van der Waals surface area (Å²) in [5.74, 6) is 0. The third kappa shape index (κ3) is 4.49. The van der Waals surface area contributed by atoms with E-state index in [1.54, 1.807) is 0 Å². The Morgan fingerprint density at radius 2 is 0.952 bits per heavy atom. The zero-order valence-corrected chi connectivity index (χ0v) is 14.6. The number of rotatable bonds is 6. The van der Waals surface area contributed by atoms with E-state index in [1.807, 2.05) is 0 Å². The van der Waals surface area contributed by atoms with Gasteiger partial charge >= 0.3 is 0 Å². The van der Waals surface area contributed by atoms with Crippen LogP contribution in [0.1, 0.15) is 50.7 Å². The topological polar surface area (TPSA) is 0 Å². The lowest BCUT2D eigenvalue weighted by Gasteiger charge is -2.35. The van der Waals surface area contributed by atoms with Crippen LogP contribution in [0.3, 0.4) is 0 Å². The lowest BCUT2D eigenvalue weighted by atomic mass is 9.68. The summed E-state index contributed by atoms with van der Waals surface area (Å²) in [6.45, 7) is 4.58. The molecule has 0 saturated carbocycles. The summed E-state index contributed by atoms with van der Waals surface area (Å²) >= 11 is 0. The highest BCUT2D eigenvalue weighted by Gasteiger charge is 2.31. The number of benzene rings is 2. The maximum Gasteiger partial charge on any atom is 0.0202 e. The summed E-state index contributed by atoms with van der Waals surface area (Å²) in [5.41, 5.74) is 3.11. The van der Waals surface area contributed by atoms with Crippen molar-refractivity contribution in [2.24, 2.45) is 0 Å². The van der Waals surface area contributed by atoms with Crippen LogP contribution in [0.15, 0.2) is 60.7 Å². The molecule has 2 aromatic rings. The molecule has 0 aliphatic carbocycles. The van der Waals surface area contributed by atoms with Crippen molar-refractivity contribution in [3.8, 4) is 0 Å². The van der Waals surface area contributed by atoms with Gasteiger partial charge in [0.15, 0.2) is 0 Å². The van der Waals surface area contributed by atoms with Gasteiger partial charge in [0.25, 0.3) is 0 Å². The second kappa shape index (κ2) is 9.87. The quantitative estimate of drug-likeness (QED) is 0.575. The predicted molar refractivity (Wildman–Crippen MR) is 98.0 cm³/mol. The molecule has 21 heavy (non-hydrogen) atoms. The molecule has 0 atom stereocenters. The maximum atomic E-state index is 2.29. The highest BCUT2D eigenvalue weighted by Crippen LogP contribution is 2.40. The van der Waals surface area contributed by atoms with Crippen LogP contribution in [0.5, 0.6) is 0 Å². The molecule has 0 radical (unpaired) electrons. The van der Waals surface area contributed by atoms with Crippen LogP contribution in [0.25, 0.3) is 0 Å². The lowest BCUT2D eigenvalue weighted by molar-refractivity contribution is 0.426. The Kier molecular flexibility index (Phi) is 9.41. The van der Waals surface area contributed by atoms with Crippen molar-refractivity contribution in [1.82, 2.24) is 0 Å². The molecule has 0 unspecified atom stereocenters. The van der Waals surface area contributed by atoms with Crippen LogP contribution >= 0.6 is 24.8 Å². The first-order chi connectivity index (χ1) is 9.33. The molecule has 0 nitrogen and oxygen atoms in total. The minimum atomic E-state index is 0. The molecule has 0 heterocycles. The molecule has 0 bridgehead atoms. The minimum Gasteiger partial charge on any atom is -0.147 e. The highest BCUT2D eigenvalue weighted by atomic mass is 35.5. The summed E-state index contributed by atoms with van der Waals surface area (Å²) in [7, 11) is 0. The lowest BCUT2D eigenvalue weighted by Crippen LogP contribution is -2.27. The monoisotopic (exact) mass is 324 g/mol. The normalized spacial score (nSPS) is 10.4. The standard InChI is InChI=1S/C19H24.2ClH/c1-3-15-19(16-4-2,17-11-7-5-8-12-17)18-13-9-6-10-14-18;;/h5-14H,3-4,15-16H2,1-2H3;2*1H. The Labute approximate surface area is 141 Å². The van der Waals surface area contributed by atoms with E-state index in [-0.39, 0.29) is 30.2 Å². The van der Waals surface area contributed by atoms with Gasteiger partial charge in [0.1, 0.15) is 0 Å². The van der Waals surface area contributed by atoms with Crippen LogP contribution in [0.4, 0.5) is 0 Å². The third-order valence-corrected chi connectivity index (χ3v) is 4.01. The van der Waals surface area contributed by atoms with E-state index in [1.165, 1.54) is 36.8 Å². The molecule has 0 fully saturated rings. The van der Waals surface area contributed by atoms with E-state index in [9.17, 15) is 0 Å². The average molecular weight is 325 g/mol. The van der Waals surface area contributed by atoms with Crippen molar-refractivity contribution < 1.29 is 0 Å². The van der Waals surface area contributed by atoms with Gasteiger partial charge < -0.3 is 0 Å². The fourth-order valence-electron chi connectivity index (χ4n) is 3.24. The fraction of sp³-hybridized carbons (Fsp3) is 0.368. The first-order valence-corrected chi connectivity index (χ1v) is 7.44. The summed E-state index contributed by atoms with van der Waals surface area (Å²) < 4.78 is 0. The minimum absolute atomic E-state index is 0. The van der Waals surface area contributed by atoms with Crippen LogP contribution in [-0.4, -0.2) is 0 Å². The van der Waals surface area contributed by atoms with Crippen LogP contribution in [0.2, 0.25) is 0 Å². The first kappa shape index (κ1) is 20.0. The van der Waals surface area contributed by atoms with Gasteiger partial charge in [0.05, 0.1) is 0 Å². The smallest absolute Gasteiger partial charge is 0.0202 e. The largest absolute Gasteiger partial charge is 0.147 e. The Bertz CT molecular complexity index is 432. The number of halogens is 2. The SMILES string of the molecule is CCCC(CCC)(c1ccccc1)c1ccccc1.Cl.Cl. The molecule has 0 saturated heterocycles. The zero-order valence-electron chi connectivity index (χ0n) is 12.9. The molecule has 2 heteroatoms. The van der Waals surface area contributed by atoms with E-state index in [2.05, 4.69) is 74.5 Å². The highest BCUT2D eigenvalue weighted by molar-refractivity contribution is 5.85. The van der Waals surface area contributed by atoms with E-state index >= 15 is 0 Å². The Morgan fingerprint density at radius 1 is 0.619 bits per heavy atom. The Hall–Kier alpha value is -0.980. The molecule has 0 aromatic heterocycles. The molecule has 116 valence electrons. The second-order valence-electron chi connectivity index (χ2n) is 5.31. The van der Waals surface area contributed by atoms with Gasteiger partial charge in [-0.3, -0.25) is 0 Å². The second-order valence-corrected chi connectivity index (χ2v) is 5.31. The molecular formula is C19H26Cl2. The summed E-state index contributed by atoms with van der Waals surface area (Å²) in [6, 6.07) is 22.0. The number of hydrogen-bond donors (Lipinski definition) is 0. The van der Waals surface area contributed by atoms with E-state index < -0.39 is 0 Å². The molecule has 0 N–H and O–H groups in total. The Balaban J connectivity index is 0.00000200. The van der Waals surface area contributed by atoms with E-state index in [0.29, 0.717) is 0 Å². The molecule has 0 spiro atoms. The summed E-state index contributed by atoms with van der Waals surface area (Å²) in [6.07, 6.45) is 4.86. The van der Waals surface area contributed by atoms with Gasteiger partial charge in [-0.15, -0.1) is 24.8 Å². The number of hydrogen-bond acceptors (Lipinski definition) is 0. The van der Waals surface area contributed by atoms with Crippen molar-refractivity contribution in [2.75, 3.05) is 0 Å². The molecule has 0 aliphatic heterocycles. The van der Waals surface area contributed by atoms with Gasteiger partial charge in [0.2, 0.25) is 0 Å². The molecule has 2 rings (SSSR count). The van der Waals surface area contributed by atoms with Crippen LogP contribution in [-0.2, 0) is 5.41 Å². The van der Waals surface area contributed by atoms with Crippen LogP contribution in [0, 0.1) is 0 Å². The van der Waals surface area contributed by atoms with Gasteiger partial charge in [-0.05, 0) is 24.0 Å². The Morgan fingerprint density at radius 3 is 1.24 bits per heavy atom. The molecule has 2 aromatic carbocycles. The fourth-order valence-corrected chi connectivity index (χ4v) is 3.24. The van der Waals surface area contributed by atoms with Gasteiger partial charge in [-0.25, -0.2) is 0 Å². The average Bonchev–Trinajstić information content (AvgIpc) is 2.49. The van der Waals surface area contributed by atoms with E-state index in [0.717, 1.165) is 0 Å². The first-order valence-electron chi connectivity index (χ1n) is 7.44. The van der Waals surface area contributed by atoms with Crippen LogP contribution < -0.4 is 0 Å². The summed E-state index contributed by atoms with van der Waals surface area (Å²) in [4.78, 5) is 0. The van der Waals surface area contributed by atoms with E-state index in [4.69, 9.17) is 0 Å². The molecular weight excluding hydrogens is 299 g/mol. The van der Waals surface area contributed by atoms with Gasteiger partial charge in [-0.1, -0.05) is 87.4 Å². The zero-order chi connectivity index (χ0) is 13.6.